The van der Waals surface area contributed by atoms with Crippen LogP contribution in [-0.2, 0) is 0 Å². The molecule has 0 aliphatic rings. The van der Waals surface area contributed by atoms with Crippen molar-refractivity contribution in [1.82, 2.24) is 19.9 Å². The van der Waals surface area contributed by atoms with E-state index < -0.39 is 17.5 Å². The Bertz CT molecular complexity index is 777. The minimum absolute atomic E-state index is 0.0181. The minimum Gasteiger partial charge on any atom is -0.368 e. The van der Waals surface area contributed by atoms with Crippen LogP contribution >= 0.6 is 0 Å². The second-order valence-electron chi connectivity index (χ2n) is 3.91. The Labute approximate surface area is 109 Å². The highest BCUT2D eigenvalue weighted by Gasteiger charge is 2.13. The Morgan fingerprint density at radius 1 is 1.10 bits per heavy atom. The maximum absolute atomic E-state index is 13.1. The van der Waals surface area contributed by atoms with Crippen LogP contribution in [0.1, 0.15) is 0 Å². The van der Waals surface area contributed by atoms with Crippen LogP contribution < -0.4 is 11.1 Å². The fourth-order valence-electron chi connectivity index (χ4n) is 1.70. The molecule has 3 aromatic rings. The number of rotatable bonds is 2. The zero-order chi connectivity index (χ0) is 14.3. The van der Waals surface area contributed by atoms with Gasteiger partial charge >= 0.3 is 0 Å². The van der Waals surface area contributed by atoms with E-state index in [0.717, 1.165) is 12.1 Å². The molecule has 0 radical (unpaired) electrons. The molecule has 20 heavy (non-hydrogen) atoms. The van der Waals surface area contributed by atoms with Crippen LogP contribution in [0.3, 0.4) is 0 Å². The monoisotopic (exact) mass is 280 g/mol. The Morgan fingerprint density at radius 3 is 2.50 bits per heavy atom. The van der Waals surface area contributed by atoms with Crippen molar-refractivity contribution in [2.24, 2.45) is 0 Å². The molecule has 4 N–H and O–H groups in total. The highest BCUT2D eigenvalue weighted by Crippen LogP contribution is 2.24. The van der Waals surface area contributed by atoms with Crippen LogP contribution in [0.25, 0.3) is 11.2 Å². The molecular weight excluding hydrogens is 273 g/mol. The highest BCUT2D eigenvalue weighted by atomic mass is 19.2. The average molecular weight is 280 g/mol. The highest BCUT2D eigenvalue weighted by molar-refractivity contribution is 5.85. The van der Waals surface area contributed by atoms with Crippen molar-refractivity contribution >= 4 is 28.6 Å². The molecule has 102 valence electrons. The predicted octanol–water partition coefficient (Wildman–Crippen LogP) is 2.10. The Morgan fingerprint density at radius 2 is 1.80 bits per heavy atom. The molecule has 0 unspecified atom stereocenters. The van der Waals surface area contributed by atoms with E-state index in [-0.39, 0.29) is 17.5 Å². The third-order valence-electron chi connectivity index (χ3n) is 2.55. The summed E-state index contributed by atoms with van der Waals surface area (Å²) in [5.74, 6) is -4.04. The lowest BCUT2D eigenvalue weighted by Crippen LogP contribution is -2.02. The van der Waals surface area contributed by atoms with Gasteiger partial charge in [0.2, 0.25) is 5.95 Å². The first-order chi connectivity index (χ1) is 9.54. The van der Waals surface area contributed by atoms with Gasteiger partial charge in [-0.3, -0.25) is 0 Å². The smallest absolute Gasteiger partial charge is 0.224 e. The van der Waals surface area contributed by atoms with Crippen LogP contribution in [0, 0.1) is 17.5 Å². The number of imidazole rings is 1. The van der Waals surface area contributed by atoms with E-state index in [1.165, 1.54) is 6.33 Å². The van der Waals surface area contributed by atoms with Crippen molar-refractivity contribution in [3.63, 3.8) is 0 Å². The van der Waals surface area contributed by atoms with Crippen LogP contribution in [0.2, 0.25) is 0 Å². The van der Waals surface area contributed by atoms with Gasteiger partial charge in [0.25, 0.3) is 0 Å². The van der Waals surface area contributed by atoms with Gasteiger partial charge in [0.15, 0.2) is 28.9 Å². The Balaban J connectivity index is 2.07. The van der Waals surface area contributed by atoms with Gasteiger partial charge < -0.3 is 16.0 Å². The summed E-state index contributed by atoms with van der Waals surface area (Å²) in [6.45, 7) is 0. The summed E-state index contributed by atoms with van der Waals surface area (Å²) >= 11 is 0. The molecule has 2 aromatic heterocycles. The first kappa shape index (κ1) is 12.2. The molecule has 9 heteroatoms. The molecular formula is C11H7F3N6. The molecule has 3 rings (SSSR count). The van der Waals surface area contributed by atoms with Crippen molar-refractivity contribution in [1.29, 1.82) is 0 Å². The lowest BCUT2D eigenvalue weighted by Gasteiger charge is -2.07. The number of fused-ring (bicyclic) bond motifs is 1. The third kappa shape index (κ3) is 1.98. The van der Waals surface area contributed by atoms with Gasteiger partial charge in [-0.1, -0.05) is 0 Å². The maximum atomic E-state index is 13.1. The van der Waals surface area contributed by atoms with Crippen molar-refractivity contribution in [2.75, 3.05) is 11.1 Å². The summed E-state index contributed by atoms with van der Waals surface area (Å²) in [5.41, 5.74) is 6.18. The van der Waals surface area contributed by atoms with Crippen molar-refractivity contribution in [3.8, 4) is 0 Å². The SMILES string of the molecule is Nc1nc(Nc2cc(F)c(F)c(F)c2)c2[nH]cnc2n1. The molecule has 1 aromatic carbocycles. The fraction of sp³-hybridized carbons (Fsp3) is 0. The summed E-state index contributed by atoms with van der Waals surface area (Å²) < 4.78 is 39.2. The summed E-state index contributed by atoms with van der Waals surface area (Å²) in [7, 11) is 0. The lowest BCUT2D eigenvalue weighted by molar-refractivity contribution is 0.448. The number of benzene rings is 1. The van der Waals surface area contributed by atoms with E-state index in [0.29, 0.717) is 11.2 Å². The zero-order valence-corrected chi connectivity index (χ0v) is 9.78. The van der Waals surface area contributed by atoms with Crippen LogP contribution in [0.5, 0.6) is 0 Å². The first-order valence-electron chi connectivity index (χ1n) is 5.43. The number of aromatic nitrogens is 4. The van der Waals surface area contributed by atoms with Crippen molar-refractivity contribution in [3.05, 3.63) is 35.9 Å². The van der Waals surface area contributed by atoms with E-state index in [1.807, 2.05) is 0 Å². The molecule has 0 saturated carbocycles. The van der Waals surface area contributed by atoms with E-state index >= 15 is 0 Å². The van der Waals surface area contributed by atoms with Crippen molar-refractivity contribution < 1.29 is 13.2 Å². The topological polar surface area (TPSA) is 92.5 Å². The van der Waals surface area contributed by atoms with Gasteiger partial charge in [-0.15, -0.1) is 0 Å². The Hall–Kier alpha value is -2.84. The van der Waals surface area contributed by atoms with Gasteiger partial charge in [-0.2, -0.15) is 9.97 Å². The first-order valence-corrected chi connectivity index (χ1v) is 5.43. The normalized spacial score (nSPS) is 10.9. The number of anilines is 3. The second-order valence-corrected chi connectivity index (χ2v) is 3.91. The molecule has 2 heterocycles. The van der Waals surface area contributed by atoms with Crippen LogP contribution in [0.4, 0.5) is 30.6 Å². The number of hydrogen-bond acceptors (Lipinski definition) is 5. The van der Waals surface area contributed by atoms with Crippen LogP contribution in [0.15, 0.2) is 18.5 Å². The molecule has 0 atom stereocenters. The largest absolute Gasteiger partial charge is 0.368 e. The predicted molar refractivity (Wildman–Crippen MR) is 65.7 cm³/mol. The standard InChI is InChI=1S/C11H7F3N6/c12-5-1-4(2-6(13)7(5)14)18-10-8-9(17-3-16-8)19-11(15)20-10/h1-3H,(H4,15,16,17,18,19,20). The number of nitrogens with two attached hydrogens (primary N) is 1. The number of nitrogens with one attached hydrogen (secondary N) is 2. The average Bonchev–Trinajstić information content (AvgIpc) is 2.84. The second kappa shape index (κ2) is 4.37. The molecule has 0 amide bonds. The van der Waals surface area contributed by atoms with Crippen LogP contribution in [-0.4, -0.2) is 19.9 Å². The quantitative estimate of drug-likeness (QED) is 0.625. The summed E-state index contributed by atoms with van der Waals surface area (Å²) in [6.07, 6.45) is 1.37. The van der Waals surface area contributed by atoms with Gasteiger partial charge in [-0.25, -0.2) is 18.2 Å². The Kier molecular flexibility index (Phi) is 2.67. The van der Waals surface area contributed by atoms with E-state index in [4.69, 9.17) is 5.73 Å². The number of nitrogen functional groups attached to an aromatic ring is 1. The van der Waals surface area contributed by atoms with Gasteiger partial charge in [0.05, 0.1) is 6.33 Å². The minimum atomic E-state index is -1.54. The number of H-pyrrole nitrogens is 1. The van der Waals surface area contributed by atoms with E-state index in [2.05, 4.69) is 25.3 Å². The number of nitrogens with zero attached hydrogens (tertiary/aromatic N) is 3. The summed E-state index contributed by atoms with van der Waals surface area (Å²) in [4.78, 5) is 14.4. The number of halogens is 3. The van der Waals surface area contributed by atoms with Gasteiger partial charge in [0.1, 0.15) is 5.52 Å². The van der Waals surface area contributed by atoms with E-state index in [1.54, 1.807) is 0 Å². The molecule has 0 aliphatic carbocycles. The summed E-state index contributed by atoms with van der Waals surface area (Å²) in [6, 6.07) is 1.61. The maximum Gasteiger partial charge on any atom is 0.224 e. The zero-order valence-electron chi connectivity index (χ0n) is 9.78. The number of hydrogen-bond donors (Lipinski definition) is 3. The number of aromatic amines is 1. The fourth-order valence-corrected chi connectivity index (χ4v) is 1.70. The molecule has 0 aliphatic heterocycles. The molecule has 0 spiro atoms. The van der Waals surface area contributed by atoms with Gasteiger partial charge in [-0.05, 0) is 0 Å². The molecule has 0 bridgehead atoms. The third-order valence-corrected chi connectivity index (χ3v) is 2.55. The lowest BCUT2D eigenvalue weighted by atomic mass is 10.3. The molecule has 6 nitrogen and oxygen atoms in total. The molecule has 0 fully saturated rings. The molecule has 0 saturated heterocycles. The van der Waals surface area contributed by atoms with Gasteiger partial charge in [0, 0.05) is 17.8 Å². The van der Waals surface area contributed by atoms with Crippen molar-refractivity contribution in [2.45, 2.75) is 0 Å². The summed E-state index contributed by atoms with van der Waals surface area (Å²) in [5, 5.41) is 2.63. The van der Waals surface area contributed by atoms with E-state index in [9.17, 15) is 13.2 Å².